The second kappa shape index (κ2) is 7.40. The van der Waals surface area contributed by atoms with Gasteiger partial charge >= 0.3 is 11.9 Å². The van der Waals surface area contributed by atoms with Crippen LogP contribution in [0.1, 0.15) is 24.2 Å². The summed E-state index contributed by atoms with van der Waals surface area (Å²) in [5.41, 5.74) is 1.28. The van der Waals surface area contributed by atoms with Gasteiger partial charge in [-0.25, -0.2) is 9.59 Å². The molecule has 0 aliphatic heterocycles. The van der Waals surface area contributed by atoms with Crippen LogP contribution in [0, 0.1) is 0 Å². The van der Waals surface area contributed by atoms with Crippen molar-refractivity contribution in [3.8, 4) is 0 Å². The molecule has 0 saturated heterocycles. The van der Waals surface area contributed by atoms with Crippen molar-refractivity contribution in [3.63, 3.8) is 0 Å². The monoisotopic (exact) mass is 315 g/mol. The zero-order valence-corrected chi connectivity index (χ0v) is 12.9. The molecule has 1 aromatic heterocycles. The first-order valence-electron chi connectivity index (χ1n) is 7.18. The lowest BCUT2D eigenvalue weighted by atomic mass is 10.1. The van der Waals surface area contributed by atoms with Gasteiger partial charge < -0.3 is 14.5 Å². The molecule has 0 fully saturated rings. The average molecular weight is 315 g/mol. The molecular weight excluding hydrogens is 298 g/mol. The van der Waals surface area contributed by atoms with Gasteiger partial charge in [-0.05, 0) is 19.9 Å². The van der Waals surface area contributed by atoms with Gasteiger partial charge in [0.05, 0.1) is 6.61 Å². The number of ether oxygens (including phenoxy) is 2. The molecule has 0 spiro atoms. The van der Waals surface area contributed by atoms with Crippen LogP contribution in [-0.4, -0.2) is 35.4 Å². The van der Waals surface area contributed by atoms with Crippen molar-refractivity contribution in [1.29, 1.82) is 0 Å². The summed E-state index contributed by atoms with van der Waals surface area (Å²) in [5, 5.41) is 0.766. The number of carbonyl (C=O) groups is 3. The summed E-state index contributed by atoms with van der Waals surface area (Å²) in [4.78, 5) is 38.1. The number of aromatic amines is 1. The highest BCUT2D eigenvalue weighted by Crippen LogP contribution is 2.19. The number of hydrogen-bond acceptors (Lipinski definition) is 5. The number of H-pyrrole nitrogens is 1. The van der Waals surface area contributed by atoms with Crippen LogP contribution in [0.2, 0.25) is 0 Å². The average Bonchev–Trinajstić information content (AvgIpc) is 2.96. The number of aromatic nitrogens is 1. The van der Waals surface area contributed by atoms with Crippen molar-refractivity contribution in [2.45, 2.75) is 20.0 Å². The summed E-state index contributed by atoms with van der Waals surface area (Å²) in [6, 6.07) is 7.35. The van der Waals surface area contributed by atoms with E-state index >= 15 is 0 Å². The Morgan fingerprint density at radius 3 is 2.61 bits per heavy atom. The van der Waals surface area contributed by atoms with Crippen molar-refractivity contribution in [1.82, 2.24) is 4.98 Å². The highest BCUT2D eigenvalue weighted by atomic mass is 16.5. The molecule has 0 saturated carbocycles. The fraction of sp³-hybridized carbons (Fsp3) is 0.235. The van der Waals surface area contributed by atoms with E-state index < -0.39 is 18.0 Å². The molecule has 2 rings (SSSR count). The number of esters is 2. The third-order valence-electron chi connectivity index (χ3n) is 3.16. The van der Waals surface area contributed by atoms with Crippen molar-refractivity contribution in [2.24, 2.45) is 0 Å². The van der Waals surface area contributed by atoms with Crippen LogP contribution in [-0.2, 0) is 19.1 Å². The minimum absolute atomic E-state index is 0.216. The Hall–Kier alpha value is -2.89. The number of Topliss-reactive ketones (excluding diaryl/α,β-unsaturated/α-hetero) is 1. The van der Waals surface area contributed by atoms with Gasteiger partial charge in [0.2, 0.25) is 5.78 Å². The number of carbonyl (C=O) groups excluding carboxylic acids is 3. The van der Waals surface area contributed by atoms with Crippen LogP contribution in [0.4, 0.5) is 0 Å². The van der Waals surface area contributed by atoms with E-state index in [-0.39, 0.29) is 12.4 Å². The Morgan fingerprint density at radius 1 is 1.17 bits per heavy atom. The maximum atomic E-state index is 12.4. The van der Waals surface area contributed by atoms with Crippen LogP contribution in [0.15, 0.2) is 42.6 Å². The number of hydrogen-bond donors (Lipinski definition) is 1. The summed E-state index contributed by atoms with van der Waals surface area (Å²) < 4.78 is 9.66. The van der Waals surface area contributed by atoms with Gasteiger partial charge in [-0.1, -0.05) is 18.2 Å². The van der Waals surface area contributed by atoms with Gasteiger partial charge in [0.1, 0.15) is 0 Å². The molecule has 0 radical (unpaired) electrons. The standard InChI is InChI=1S/C17H17NO5/c1-3-22-15(19)8-9-16(20)23-11(2)17(21)13-10-18-14-7-5-4-6-12(13)14/h4-11,18H,3H2,1-2H3/b9-8+/t11-/m0/s1. The Labute approximate surface area is 133 Å². The number of nitrogens with one attached hydrogen (secondary N) is 1. The molecule has 1 heterocycles. The Morgan fingerprint density at radius 2 is 1.87 bits per heavy atom. The third-order valence-corrected chi connectivity index (χ3v) is 3.16. The Kier molecular flexibility index (Phi) is 5.30. The number of fused-ring (bicyclic) bond motifs is 1. The van der Waals surface area contributed by atoms with E-state index in [0.29, 0.717) is 5.56 Å². The lowest BCUT2D eigenvalue weighted by Crippen LogP contribution is -2.23. The summed E-state index contributed by atoms with van der Waals surface area (Å²) in [7, 11) is 0. The summed E-state index contributed by atoms with van der Waals surface area (Å²) >= 11 is 0. The zero-order chi connectivity index (χ0) is 16.8. The van der Waals surface area contributed by atoms with E-state index in [1.807, 2.05) is 24.3 Å². The Balaban J connectivity index is 2.03. The van der Waals surface area contributed by atoms with E-state index in [2.05, 4.69) is 9.72 Å². The molecule has 23 heavy (non-hydrogen) atoms. The molecule has 0 bridgehead atoms. The second-order valence-electron chi connectivity index (χ2n) is 4.78. The fourth-order valence-electron chi connectivity index (χ4n) is 2.09. The lowest BCUT2D eigenvalue weighted by molar-refractivity contribution is -0.141. The van der Waals surface area contributed by atoms with Crippen LogP contribution in [0.3, 0.4) is 0 Å². The molecule has 0 unspecified atom stereocenters. The van der Waals surface area contributed by atoms with Crippen molar-refractivity contribution < 1.29 is 23.9 Å². The third kappa shape index (κ3) is 4.06. The van der Waals surface area contributed by atoms with Gasteiger partial charge in [0, 0.05) is 34.8 Å². The molecular formula is C17H17NO5. The quantitative estimate of drug-likeness (QED) is 0.502. The number of benzene rings is 1. The predicted molar refractivity (Wildman–Crippen MR) is 84.0 cm³/mol. The first-order chi connectivity index (χ1) is 11.0. The van der Waals surface area contributed by atoms with Crippen molar-refractivity contribution in [2.75, 3.05) is 6.61 Å². The van der Waals surface area contributed by atoms with Crippen LogP contribution < -0.4 is 0 Å². The molecule has 6 heteroatoms. The van der Waals surface area contributed by atoms with E-state index in [4.69, 9.17) is 4.74 Å². The normalized spacial score (nSPS) is 12.3. The smallest absolute Gasteiger partial charge is 0.331 e. The predicted octanol–water partition coefficient (Wildman–Crippen LogP) is 2.40. The second-order valence-corrected chi connectivity index (χ2v) is 4.78. The summed E-state index contributed by atoms with van der Waals surface area (Å²) in [6.45, 7) is 3.36. The van der Waals surface area contributed by atoms with Crippen molar-refractivity contribution in [3.05, 3.63) is 48.2 Å². The van der Waals surface area contributed by atoms with Gasteiger partial charge in [-0.15, -0.1) is 0 Å². The van der Waals surface area contributed by atoms with Gasteiger partial charge in [0.15, 0.2) is 6.10 Å². The maximum absolute atomic E-state index is 12.4. The van der Waals surface area contributed by atoms with Gasteiger partial charge in [-0.2, -0.15) is 0 Å². The van der Waals surface area contributed by atoms with E-state index in [0.717, 1.165) is 23.1 Å². The summed E-state index contributed by atoms with van der Waals surface area (Å²) in [6.07, 6.45) is 2.53. The van der Waals surface area contributed by atoms with Gasteiger partial charge in [-0.3, -0.25) is 4.79 Å². The zero-order valence-electron chi connectivity index (χ0n) is 12.9. The highest BCUT2D eigenvalue weighted by molar-refractivity contribution is 6.10. The molecule has 0 aliphatic carbocycles. The number of para-hydroxylation sites is 1. The molecule has 120 valence electrons. The molecule has 0 amide bonds. The minimum atomic E-state index is -0.964. The summed E-state index contributed by atoms with van der Waals surface area (Å²) in [5.74, 6) is -1.74. The lowest BCUT2D eigenvalue weighted by Gasteiger charge is -2.10. The minimum Gasteiger partial charge on any atom is -0.463 e. The van der Waals surface area contributed by atoms with E-state index in [1.165, 1.54) is 6.92 Å². The molecule has 1 N–H and O–H groups in total. The number of ketones is 1. The first kappa shape index (κ1) is 16.5. The van der Waals surface area contributed by atoms with Crippen LogP contribution in [0.5, 0.6) is 0 Å². The molecule has 2 aromatic rings. The topological polar surface area (TPSA) is 85.5 Å². The maximum Gasteiger partial charge on any atom is 0.331 e. The highest BCUT2D eigenvalue weighted by Gasteiger charge is 2.21. The van der Waals surface area contributed by atoms with E-state index in [1.54, 1.807) is 13.1 Å². The Bertz CT molecular complexity index is 759. The molecule has 6 nitrogen and oxygen atoms in total. The molecule has 1 aromatic carbocycles. The van der Waals surface area contributed by atoms with Crippen LogP contribution >= 0.6 is 0 Å². The SMILES string of the molecule is CCOC(=O)/C=C/C(=O)O[C@@H](C)C(=O)c1c[nH]c2ccccc12. The van der Waals surface area contributed by atoms with E-state index in [9.17, 15) is 14.4 Å². The fourth-order valence-corrected chi connectivity index (χ4v) is 2.09. The molecule has 1 atom stereocenters. The van der Waals surface area contributed by atoms with Crippen molar-refractivity contribution >= 4 is 28.6 Å². The number of rotatable bonds is 6. The molecule has 0 aliphatic rings. The first-order valence-corrected chi connectivity index (χ1v) is 7.18. The van der Waals surface area contributed by atoms with Crippen LogP contribution in [0.25, 0.3) is 10.9 Å². The largest absolute Gasteiger partial charge is 0.463 e. The van der Waals surface area contributed by atoms with Gasteiger partial charge in [0.25, 0.3) is 0 Å².